The lowest BCUT2D eigenvalue weighted by Gasteiger charge is -2.07. The molecule has 60 valence electrons. The van der Waals surface area contributed by atoms with Gasteiger partial charge in [0, 0.05) is 6.08 Å². The summed E-state index contributed by atoms with van der Waals surface area (Å²) in [5.41, 5.74) is 0.754. The van der Waals surface area contributed by atoms with Gasteiger partial charge in [0.15, 0.2) is 0 Å². The van der Waals surface area contributed by atoms with E-state index in [0.717, 1.165) is 5.57 Å². The summed E-state index contributed by atoms with van der Waals surface area (Å²) in [6.07, 6.45) is 0.993. The predicted octanol–water partition coefficient (Wildman–Crippen LogP) is 1.01. The Balaban J connectivity index is 2.57. The number of hydrogen-bond donors (Lipinski definition) is 0. The predicted molar refractivity (Wildman–Crippen MR) is 39.1 cm³/mol. The maximum Gasteiger partial charge on any atom is 0.331 e. The van der Waals surface area contributed by atoms with Crippen LogP contribution in [0.1, 0.15) is 13.3 Å². The van der Waals surface area contributed by atoms with Crippen molar-refractivity contribution < 1.29 is 14.3 Å². The topological polar surface area (TPSA) is 43.4 Å². The molecule has 1 rings (SSSR count). The van der Waals surface area contributed by atoms with Crippen LogP contribution in [-0.2, 0) is 14.3 Å². The van der Waals surface area contributed by atoms with Gasteiger partial charge in [0.05, 0.1) is 6.42 Å². The fourth-order valence-corrected chi connectivity index (χ4v) is 1.03. The summed E-state index contributed by atoms with van der Waals surface area (Å²) in [5, 5.41) is -0.488. The van der Waals surface area contributed by atoms with Crippen molar-refractivity contribution >= 4 is 22.8 Å². The van der Waals surface area contributed by atoms with Crippen LogP contribution in [-0.4, -0.2) is 17.3 Å². The fraction of sp³-hybridized carbons (Fsp3) is 0.429. The Labute approximate surface area is 69.0 Å². The Hall–Kier alpha value is -0.830. The van der Waals surface area contributed by atoms with Crippen molar-refractivity contribution in [3.63, 3.8) is 0 Å². The maximum atomic E-state index is 10.6. The molecule has 4 heteroatoms. The number of esters is 1. The molecule has 0 amide bonds. The lowest BCUT2D eigenvalue weighted by molar-refractivity contribution is -0.139. The minimum Gasteiger partial charge on any atom is -0.454 e. The van der Waals surface area contributed by atoms with E-state index in [1.807, 2.05) is 0 Å². The Morgan fingerprint density at radius 3 is 2.82 bits per heavy atom. The van der Waals surface area contributed by atoms with E-state index in [4.69, 9.17) is 16.3 Å². The molecule has 0 N–H and O–H groups in total. The van der Waals surface area contributed by atoms with Gasteiger partial charge in [0.25, 0.3) is 0 Å². The first kappa shape index (κ1) is 8.27. The van der Waals surface area contributed by atoms with E-state index in [9.17, 15) is 9.59 Å². The average molecular weight is 175 g/mol. The molecule has 11 heavy (non-hydrogen) atoms. The summed E-state index contributed by atoms with van der Waals surface area (Å²) in [6, 6.07) is 0. The van der Waals surface area contributed by atoms with Gasteiger partial charge in [0.1, 0.15) is 6.10 Å². The molecule has 1 aliphatic heterocycles. The van der Waals surface area contributed by atoms with E-state index in [1.54, 1.807) is 6.92 Å². The van der Waals surface area contributed by atoms with Crippen molar-refractivity contribution in [2.75, 3.05) is 0 Å². The first-order chi connectivity index (χ1) is 5.09. The molecule has 0 aliphatic carbocycles. The van der Waals surface area contributed by atoms with Crippen LogP contribution >= 0.6 is 11.6 Å². The van der Waals surface area contributed by atoms with Crippen LogP contribution in [0.5, 0.6) is 0 Å². The van der Waals surface area contributed by atoms with Gasteiger partial charge in [-0.2, -0.15) is 0 Å². The highest BCUT2D eigenvalue weighted by Crippen LogP contribution is 2.18. The molecule has 0 saturated carbocycles. The second-order valence-corrected chi connectivity index (χ2v) is 2.79. The van der Waals surface area contributed by atoms with Gasteiger partial charge in [0.2, 0.25) is 5.24 Å². The number of carbonyl (C=O) groups is 2. The van der Waals surface area contributed by atoms with Gasteiger partial charge in [-0.05, 0) is 24.1 Å². The zero-order chi connectivity index (χ0) is 8.43. The summed E-state index contributed by atoms with van der Waals surface area (Å²) in [6.45, 7) is 1.73. The molecule has 1 aliphatic rings. The first-order valence-electron chi connectivity index (χ1n) is 3.16. The van der Waals surface area contributed by atoms with Crippen LogP contribution < -0.4 is 0 Å². The average Bonchev–Trinajstić information content (AvgIpc) is 2.09. The third-order valence-electron chi connectivity index (χ3n) is 1.46. The largest absolute Gasteiger partial charge is 0.454 e. The van der Waals surface area contributed by atoms with Crippen LogP contribution in [0, 0.1) is 0 Å². The summed E-state index contributed by atoms with van der Waals surface area (Å²) in [4.78, 5) is 21.0. The summed E-state index contributed by atoms with van der Waals surface area (Å²) >= 11 is 5.11. The molecular weight excluding hydrogens is 168 g/mol. The van der Waals surface area contributed by atoms with Gasteiger partial charge in [-0.3, -0.25) is 4.79 Å². The van der Waals surface area contributed by atoms with Gasteiger partial charge >= 0.3 is 5.97 Å². The van der Waals surface area contributed by atoms with Gasteiger partial charge in [-0.15, -0.1) is 0 Å². The molecule has 0 fully saturated rings. The monoisotopic (exact) mass is 174 g/mol. The summed E-state index contributed by atoms with van der Waals surface area (Å²) < 4.78 is 4.75. The molecule has 0 aromatic carbocycles. The number of hydrogen-bond acceptors (Lipinski definition) is 3. The number of ether oxygens (including phenoxy) is 1. The standard InChI is InChI=1S/C7H7ClO3/c1-4-2-7(10)11-5(4)3-6(8)9/h2,5H,3H2,1H3. The smallest absolute Gasteiger partial charge is 0.331 e. The van der Waals surface area contributed by atoms with E-state index in [2.05, 4.69) is 0 Å². The van der Waals surface area contributed by atoms with Crippen LogP contribution in [0.3, 0.4) is 0 Å². The number of rotatable bonds is 2. The molecule has 0 saturated heterocycles. The van der Waals surface area contributed by atoms with E-state index < -0.39 is 17.3 Å². The van der Waals surface area contributed by atoms with Crippen molar-refractivity contribution in [3.8, 4) is 0 Å². The summed E-state index contributed by atoms with van der Waals surface area (Å²) in [7, 11) is 0. The third kappa shape index (κ3) is 2.05. The van der Waals surface area contributed by atoms with Crippen molar-refractivity contribution in [1.82, 2.24) is 0 Å². The van der Waals surface area contributed by atoms with E-state index in [1.165, 1.54) is 6.08 Å². The second-order valence-electron chi connectivity index (χ2n) is 2.37. The minimum absolute atomic E-state index is 0.0651. The molecule has 0 bridgehead atoms. The number of carbonyl (C=O) groups excluding carboxylic acids is 2. The van der Waals surface area contributed by atoms with E-state index >= 15 is 0 Å². The molecule has 0 aromatic rings. The van der Waals surface area contributed by atoms with Crippen LogP contribution in [0.25, 0.3) is 0 Å². The van der Waals surface area contributed by atoms with Crippen molar-refractivity contribution in [3.05, 3.63) is 11.6 Å². The molecule has 1 heterocycles. The lowest BCUT2D eigenvalue weighted by Crippen LogP contribution is -2.13. The Morgan fingerprint density at radius 1 is 1.82 bits per heavy atom. The quantitative estimate of drug-likeness (QED) is 0.464. The fourth-order valence-electron chi connectivity index (χ4n) is 0.894. The molecule has 0 spiro atoms. The zero-order valence-electron chi connectivity index (χ0n) is 5.96. The van der Waals surface area contributed by atoms with Gasteiger partial charge in [-0.25, -0.2) is 4.79 Å². The molecule has 3 nitrogen and oxygen atoms in total. The van der Waals surface area contributed by atoms with E-state index in [-0.39, 0.29) is 6.42 Å². The number of halogens is 1. The van der Waals surface area contributed by atoms with Crippen molar-refractivity contribution in [1.29, 1.82) is 0 Å². The van der Waals surface area contributed by atoms with Crippen molar-refractivity contribution in [2.24, 2.45) is 0 Å². The molecule has 1 unspecified atom stereocenters. The molecule has 0 radical (unpaired) electrons. The Morgan fingerprint density at radius 2 is 2.45 bits per heavy atom. The maximum absolute atomic E-state index is 10.6. The van der Waals surface area contributed by atoms with E-state index in [0.29, 0.717) is 0 Å². The van der Waals surface area contributed by atoms with Crippen LogP contribution in [0.4, 0.5) is 0 Å². The highest BCUT2D eigenvalue weighted by molar-refractivity contribution is 6.63. The molecule has 1 atom stereocenters. The molecular formula is C7H7ClO3. The second kappa shape index (κ2) is 3.05. The SMILES string of the molecule is CC1=CC(=O)OC1CC(=O)Cl. The number of cyclic esters (lactones) is 1. The molecule has 0 aromatic heterocycles. The minimum atomic E-state index is -0.488. The normalized spacial score (nSPS) is 22.9. The van der Waals surface area contributed by atoms with Crippen LogP contribution in [0.15, 0.2) is 11.6 Å². The third-order valence-corrected chi connectivity index (χ3v) is 1.61. The van der Waals surface area contributed by atoms with Crippen LogP contribution in [0.2, 0.25) is 0 Å². The zero-order valence-corrected chi connectivity index (χ0v) is 6.72. The Bertz CT molecular complexity index is 232. The lowest BCUT2D eigenvalue weighted by atomic mass is 10.1. The highest BCUT2D eigenvalue weighted by Gasteiger charge is 2.24. The van der Waals surface area contributed by atoms with Gasteiger partial charge in [-0.1, -0.05) is 0 Å². The summed E-state index contributed by atoms with van der Waals surface area (Å²) in [5.74, 6) is -0.398. The first-order valence-corrected chi connectivity index (χ1v) is 3.54. The van der Waals surface area contributed by atoms with Crippen molar-refractivity contribution in [2.45, 2.75) is 19.4 Å². The Kier molecular flexibility index (Phi) is 2.29. The highest BCUT2D eigenvalue weighted by atomic mass is 35.5. The van der Waals surface area contributed by atoms with Gasteiger partial charge < -0.3 is 4.74 Å².